The van der Waals surface area contributed by atoms with Crippen LogP contribution in [0, 0.1) is 6.92 Å². The lowest BCUT2D eigenvalue weighted by Gasteiger charge is -2.19. The summed E-state index contributed by atoms with van der Waals surface area (Å²) in [4.78, 5) is 12.2. The van der Waals surface area contributed by atoms with E-state index < -0.39 is 10.0 Å². The predicted molar refractivity (Wildman–Crippen MR) is 111 cm³/mol. The van der Waals surface area contributed by atoms with E-state index in [1.807, 2.05) is 19.1 Å². The highest BCUT2D eigenvalue weighted by molar-refractivity contribution is 7.89. The zero-order valence-corrected chi connectivity index (χ0v) is 16.6. The normalized spacial score (nSPS) is 11.1. The molecule has 0 saturated carbocycles. The number of hydrogen-bond acceptors (Lipinski definition) is 4. The van der Waals surface area contributed by atoms with Crippen LogP contribution in [0.25, 0.3) is 0 Å². The lowest BCUT2D eigenvalue weighted by molar-refractivity contribution is -0.118. The van der Waals surface area contributed by atoms with Crippen LogP contribution in [0.1, 0.15) is 5.56 Å². The summed E-state index contributed by atoms with van der Waals surface area (Å²) in [6.45, 7) is 9.35. The summed E-state index contributed by atoms with van der Waals surface area (Å²) in [5, 5.41) is 2.68. The number of rotatable bonds is 10. The van der Waals surface area contributed by atoms with Crippen molar-refractivity contribution in [3.63, 3.8) is 0 Å². The number of anilines is 1. The van der Waals surface area contributed by atoms with Crippen LogP contribution in [-0.2, 0) is 14.8 Å². The van der Waals surface area contributed by atoms with Gasteiger partial charge >= 0.3 is 0 Å². The van der Waals surface area contributed by atoms with Crippen molar-refractivity contribution < 1.29 is 17.9 Å². The SMILES string of the molecule is C=CCN(CC=C)S(=O)(=O)c1ccc(NC(=O)COc2ccc(C)cc2)cc1. The predicted octanol–water partition coefficient (Wildman–Crippen LogP) is 3.38. The van der Waals surface area contributed by atoms with Crippen LogP contribution in [0.3, 0.4) is 0 Å². The van der Waals surface area contributed by atoms with E-state index in [0.717, 1.165) is 5.56 Å². The Morgan fingerprint density at radius 3 is 2.14 bits per heavy atom. The van der Waals surface area contributed by atoms with E-state index in [-0.39, 0.29) is 30.5 Å². The zero-order valence-electron chi connectivity index (χ0n) is 15.8. The van der Waals surface area contributed by atoms with Crippen LogP contribution in [0.5, 0.6) is 5.75 Å². The Balaban J connectivity index is 1.99. The Hall–Kier alpha value is -2.90. The number of ether oxygens (including phenoxy) is 1. The van der Waals surface area contributed by atoms with Crippen molar-refractivity contribution in [3.8, 4) is 5.75 Å². The van der Waals surface area contributed by atoms with Crippen LogP contribution in [0.2, 0.25) is 0 Å². The standard InChI is InChI=1S/C21H24N2O4S/c1-4-14-23(15-5-2)28(25,26)20-12-8-18(9-13-20)22-21(24)16-27-19-10-6-17(3)7-11-19/h4-13H,1-2,14-16H2,3H3,(H,22,24). The Bertz CT molecular complexity index is 910. The summed E-state index contributed by atoms with van der Waals surface area (Å²) in [7, 11) is -3.67. The van der Waals surface area contributed by atoms with Gasteiger partial charge in [-0.05, 0) is 43.3 Å². The molecule has 0 atom stereocenters. The van der Waals surface area contributed by atoms with Crippen molar-refractivity contribution in [2.75, 3.05) is 25.0 Å². The molecule has 2 aromatic rings. The summed E-state index contributed by atoms with van der Waals surface area (Å²) in [6, 6.07) is 13.4. The van der Waals surface area contributed by atoms with Crippen LogP contribution < -0.4 is 10.1 Å². The molecule has 0 heterocycles. The van der Waals surface area contributed by atoms with Gasteiger partial charge in [0.15, 0.2) is 6.61 Å². The van der Waals surface area contributed by atoms with Crippen molar-refractivity contribution in [3.05, 3.63) is 79.4 Å². The number of carbonyl (C=O) groups excluding carboxylic acids is 1. The fourth-order valence-electron chi connectivity index (χ4n) is 2.40. The molecule has 0 aliphatic rings. The van der Waals surface area contributed by atoms with Gasteiger partial charge in [0.25, 0.3) is 5.91 Å². The van der Waals surface area contributed by atoms with Gasteiger partial charge < -0.3 is 10.1 Å². The van der Waals surface area contributed by atoms with Crippen LogP contribution >= 0.6 is 0 Å². The molecule has 28 heavy (non-hydrogen) atoms. The maximum atomic E-state index is 12.7. The molecular formula is C21H24N2O4S. The molecule has 0 aliphatic heterocycles. The third-order valence-electron chi connectivity index (χ3n) is 3.83. The molecule has 0 bridgehead atoms. The van der Waals surface area contributed by atoms with Gasteiger partial charge in [0, 0.05) is 18.8 Å². The number of carbonyl (C=O) groups is 1. The molecule has 0 unspecified atom stereocenters. The molecule has 0 radical (unpaired) electrons. The number of nitrogens with zero attached hydrogens (tertiary/aromatic N) is 1. The lowest BCUT2D eigenvalue weighted by Crippen LogP contribution is -2.31. The summed E-state index contributed by atoms with van der Waals surface area (Å²) in [5.74, 6) is 0.267. The van der Waals surface area contributed by atoms with E-state index in [0.29, 0.717) is 11.4 Å². The molecule has 0 fully saturated rings. The second-order valence-corrected chi connectivity index (χ2v) is 8.01. The van der Waals surface area contributed by atoms with Gasteiger partial charge in [-0.25, -0.2) is 8.42 Å². The first-order chi connectivity index (χ1) is 13.4. The van der Waals surface area contributed by atoms with Gasteiger partial charge in [-0.15, -0.1) is 13.2 Å². The molecule has 0 aliphatic carbocycles. The van der Waals surface area contributed by atoms with Gasteiger partial charge in [-0.3, -0.25) is 4.79 Å². The highest BCUT2D eigenvalue weighted by atomic mass is 32.2. The second-order valence-electron chi connectivity index (χ2n) is 6.07. The average molecular weight is 401 g/mol. The van der Waals surface area contributed by atoms with Gasteiger partial charge in [0.1, 0.15) is 5.75 Å². The van der Waals surface area contributed by atoms with Crippen molar-refractivity contribution in [2.24, 2.45) is 0 Å². The molecule has 0 saturated heterocycles. The molecule has 7 heteroatoms. The molecule has 1 amide bonds. The van der Waals surface area contributed by atoms with Crippen molar-refractivity contribution in [2.45, 2.75) is 11.8 Å². The summed E-state index contributed by atoms with van der Waals surface area (Å²) in [5.41, 5.74) is 1.59. The number of sulfonamides is 1. The summed E-state index contributed by atoms with van der Waals surface area (Å²) >= 11 is 0. The summed E-state index contributed by atoms with van der Waals surface area (Å²) in [6.07, 6.45) is 3.04. The fourth-order valence-corrected chi connectivity index (χ4v) is 3.78. The van der Waals surface area contributed by atoms with Gasteiger partial charge in [-0.1, -0.05) is 29.8 Å². The first-order valence-corrected chi connectivity index (χ1v) is 10.1. The topological polar surface area (TPSA) is 75.7 Å². The second kappa shape index (κ2) is 9.87. The van der Waals surface area contributed by atoms with E-state index in [4.69, 9.17) is 4.74 Å². The highest BCUT2D eigenvalue weighted by Crippen LogP contribution is 2.19. The van der Waals surface area contributed by atoms with Gasteiger partial charge in [-0.2, -0.15) is 4.31 Å². The Morgan fingerprint density at radius 1 is 1.04 bits per heavy atom. The maximum Gasteiger partial charge on any atom is 0.262 e. The number of amides is 1. The van der Waals surface area contributed by atoms with Crippen LogP contribution in [0.15, 0.2) is 78.7 Å². The Morgan fingerprint density at radius 2 is 1.61 bits per heavy atom. The number of benzene rings is 2. The first-order valence-electron chi connectivity index (χ1n) is 8.68. The molecule has 148 valence electrons. The lowest BCUT2D eigenvalue weighted by atomic mass is 10.2. The van der Waals surface area contributed by atoms with Gasteiger partial charge in [0.2, 0.25) is 10.0 Å². The van der Waals surface area contributed by atoms with E-state index in [1.54, 1.807) is 12.1 Å². The zero-order chi connectivity index (χ0) is 20.6. The number of aryl methyl sites for hydroxylation is 1. The van der Waals surface area contributed by atoms with Gasteiger partial charge in [0.05, 0.1) is 4.90 Å². The molecule has 0 spiro atoms. The number of nitrogens with one attached hydrogen (secondary N) is 1. The van der Waals surface area contributed by atoms with E-state index in [1.165, 1.54) is 40.7 Å². The Labute approximate surface area is 166 Å². The Kier molecular flexibility index (Phi) is 7.54. The molecule has 0 aromatic heterocycles. The first kappa shape index (κ1) is 21.4. The molecule has 1 N–H and O–H groups in total. The fraction of sp³-hybridized carbons (Fsp3) is 0.190. The molecule has 2 aromatic carbocycles. The smallest absolute Gasteiger partial charge is 0.262 e. The van der Waals surface area contributed by atoms with Crippen molar-refractivity contribution in [1.82, 2.24) is 4.31 Å². The maximum absolute atomic E-state index is 12.7. The van der Waals surface area contributed by atoms with E-state index in [2.05, 4.69) is 18.5 Å². The number of hydrogen-bond donors (Lipinski definition) is 1. The largest absolute Gasteiger partial charge is 0.484 e. The quantitative estimate of drug-likeness (QED) is 0.621. The highest BCUT2D eigenvalue weighted by Gasteiger charge is 2.22. The van der Waals surface area contributed by atoms with Crippen molar-refractivity contribution >= 4 is 21.6 Å². The monoisotopic (exact) mass is 400 g/mol. The summed E-state index contributed by atoms with van der Waals surface area (Å²) < 4.78 is 32.0. The molecule has 6 nitrogen and oxygen atoms in total. The minimum absolute atomic E-state index is 0.130. The van der Waals surface area contributed by atoms with Crippen LogP contribution in [-0.4, -0.2) is 38.3 Å². The van der Waals surface area contributed by atoms with E-state index in [9.17, 15) is 13.2 Å². The van der Waals surface area contributed by atoms with Crippen molar-refractivity contribution in [1.29, 1.82) is 0 Å². The third-order valence-corrected chi connectivity index (χ3v) is 5.68. The molecular weight excluding hydrogens is 376 g/mol. The third kappa shape index (κ3) is 5.80. The van der Waals surface area contributed by atoms with E-state index >= 15 is 0 Å². The average Bonchev–Trinajstić information content (AvgIpc) is 2.68. The molecule has 2 rings (SSSR count). The minimum atomic E-state index is -3.67. The van der Waals surface area contributed by atoms with Crippen LogP contribution in [0.4, 0.5) is 5.69 Å². The minimum Gasteiger partial charge on any atom is -0.484 e.